The molecule has 18 heavy (non-hydrogen) atoms. The Bertz CT molecular complexity index is 263. The van der Waals surface area contributed by atoms with Crippen molar-refractivity contribution >= 4 is 0 Å². The second-order valence-corrected chi connectivity index (χ2v) is 7.49. The van der Waals surface area contributed by atoms with Crippen molar-refractivity contribution in [1.29, 1.82) is 0 Å². The molecule has 0 bridgehead atoms. The van der Waals surface area contributed by atoms with E-state index in [-0.39, 0.29) is 0 Å². The molecule has 106 valence electrons. The number of nitrogens with one attached hydrogen (secondary N) is 1. The van der Waals surface area contributed by atoms with Gasteiger partial charge < -0.3 is 5.32 Å². The summed E-state index contributed by atoms with van der Waals surface area (Å²) in [4.78, 5) is 0. The van der Waals surface area contributed by atoms with Crippen molar-refractivity contribution in [1.82, 2.24) is 5.32 Å². The highest BCUT2D eigenvalue weighted by molar-refractivity contribution is 4.92. The van der Waals surface area contributed by atoms with Crippen molar-refractivity contribution in [3.05, 3.63) is 12.2 Å². The van der Waals surface area contributed by atoms with Crippen molar-refractivity contribution in [3.8, 4) is 0 Å². The SMILES string of the molecule is C=C(C)CCC1CC(C)(C)CCC1CNC(C)C. The van der Waals surface area contributed by atoms with Gasteiger partial charge in [-0.2, -0.15) is 0 Å². The predicted octanol–water partition coefficient (Wildman–Crippen LogP) is 4.78. The van der Waals surface area contributed by atoms with E-state index in [1.165, 1.54) is 44.2 Å². The molecule has 1 rings (SSSR count). The van der Waals surface area contributed by atoms with Crippen LogP contribution >= 0.6 is 0 Å². The van der Waals surface area contributed by atoms with Gasteiger partial charge in [-0.05, 0) is 62.8 Å². The Kier molecular flexibility index (Phi) is 5.91. The molecule has 0 aromatic heterocycles. The average Bonchev–Trinajstić information content (AvgIpc) is 2.23. The zero-order chi connectivity index (χ0) is 13.8. The minimum atomic E-state index is 0.550. The summed E-state index contributed by atoms with van der Waals surface area (Å²) >= 11 is 0. The van der Waals surface area contributed by atoms with Gasteiger partial charge in [-0.15, -0.1) is 6.58 Å². The summed E-state index contributed by atoms with van der Waals surface area (Å²) in [6.07, 6.45) is 6.72. The minimum Gasteiger partial charge on any atom is -0.314 e. The van der Waals surface area contributed by atoms with Crippen molar-refractivity contribution in [2.45, 2.75) is 72.8 Å². The van der Waals surface area contributed by atoms with E-state index in [1.54, 1.807) is 0 Å². The van der Waals surface area contributed by atoms with Gasteiger partial charge >= 0.3 is 0 Å². The van der Waals surface area contributed by atoms with Crippen molar-refractivity contribution < 1.29 is 0 Å². The second kappa shape index (κ2) is 6.75. The Morgan fingerprint density at radius 3 is 2.56 bits per heavy atom. The lowest BCUT2D eigenvalue weighted by Gasteiger charge is -2.41. The maximum absolute atomic E-state index is 4.06. The summed E-state index contributed by atoms with van der Waals surface area (Å²) in [5, 5.41) is 3.64. The molecule has 0 aromatic rings. The minimum absolute atomic E-state index is 0.550. The largest absolute Gasteiger partial charge is 0.314 e. The first-order chi connectivity index (χ1) is 8.30. The quantitative estimate of drug-likeness (QED) is 0.670. The summed E-state index contributed by atoms with van der Waals surface area (Å²) in [6, 6.07) is 0.613. The molecular formula is C17H33N. The molecule has 2 atom stereocenters. The Morgan fingerprint density at radius 2 is 2.00 bits per heavy atom. The average molecular weight is 251 g/mol. The van der Waals surface area contributed by atoms with E-state index in [0.717, 1.165) is 11.8 Å². The molecule has 0 radical (unpaired) electrons. The van der Waals surface area contributed by atoms with Crippen LogP contribution in [-0.4, -0.2) is 12.6 Å². The highest BCUT2D eigenvalue weighted by atomic mass is 14.9. The van der Waals surface area contributed by atoms with Gasteiger partial charge in [0.1, 0.15) is 0 Å². The first kappa shape index (κ1) is 15.8. The smallest absolute Gasteiger partial charge is 0.00104 e. The molecule has 0 spiro atoms. The third-order valence-electron chi connectivity index (χ3n) is 4.40. The lowest BCUT2D eigenvalue weighted by atomic mass is 9.65. The standard InChI is InChI=1S/C17H33N/c1-13(2)7-8-15-11-17(5,6)10-9-16(15)12-18-14(3)4/h14-16,18H,1,7-12H2,2-6H3. The van der Waals surface area contributed by atoms with Crippen LogP contribution in [0.3, 0.4) is 0 Å². The monoisotopic (exact) mass is 251 g/mol. The molecule has 1 aliphatic rings. The van der Waals surface area contributed by atoms with Gasteiger partial charge in [0.2, 0.25) is 0 Å². The van der Waals surface area contributed by atoms with Gasteiger partial charge in [-0.1, -0.05) is 33.3 Å². The van der Waals surface area contributed by atoms with Crippen molar-refractivity contribution in [2.75, 3.05) is 6.54 Å². The molecule has 1 heteroatoms. The van der Waals surface area contributed by atoms with Crippen molar-refractivity contribution in [3.63, 3.8) is 0 Å². The fourth-order valence-corrected chi connectivity index (χ4v) is 3.22. The summed E-state index contributed by atoms with van der Waals surface area (Å²) < 4.78 is 0. The zero-order valence-electron chi connectivity index (χ0n) is 13.2. The van der Waals surface area contributed by atoms with Crippen LogP contribution in [-0.2, 0) is 0 Å². The lowest BCUT2D eigenvalue weighted by molar-refractivity contribution is 0.109. The zero-order valence-corrected chi connectivity index (χ0v) is 13.2. The molecule has 1 nitrogen and oxygen atoms in total. The molecule has 0 aromatic carbocycles. The lowest BCUT2D eigenvalue weighted by Crippen LogP contribution is -2.38. The molecule has 1 saturated carbocycles. The molecule has 0 aliphatic heterocycles. The first-order valence-corrected chi connectivity index (χ1v) is 7.68. The van der Waals surface area contributed by atoms with E-state index in [4.69, 9.17) is 0 Å². The van der Waals surface area contributed by atoms with Gasteiger partial charge in [0, 0.05) is 6.04 Å². The Hall–Kier alpha value is -0.300. The highest BCUT2D eigenvalue weighted by Crippen LogP contribution is 2.43. The van der Waals surface area contributed by atoms with Crippen LogP contribution in [0, 0.1) is 17.3 Å². The number of hydrogen-bond donors (Lipinski definition) is 1. The Morgan fingerprint density at radius 1 is 1.33 bits per heavy atom. The third-order valence-corrected chi connectivity index (χ3v) is 4.40. The van der Waals surface area contributed by atoms with E-state index in [1.807, 2.05) is 0 Å². The van der Waals surface area contributed by atoms with Crippen LogP contribution in [0.15, 0.2) is 12.2 Å². The van der Waals surface area contributed by atoms with Crippen LogP contribution in [0.4, 0.5) is 0 Å². The molecule has 0 amide bonds. The maximum atomic E-state index is 4.06. The Labute approximate surface area is 114 Å². The Balaban J connectivity index is 2.53. The summed E-state index contributed by atoms with van der Waals surface area (Å²) in [7, 11) is 0. The molecule has 1 aliphatic carbocycles. The fraction of sp³-hybridized carbons (Fsp3) is 0.882. The van der Waals surface area contributed by atoms with Crippen molar-refractivity contribution in [2.24, 2.45) is 17.3 Å². The molecule has 1 N–H and O–H groups in total. The third kappa shape index (κ3) is 5.56. The van der Waals surface area contributed by atoms with Crippen LogP contribution in [0.5, 0.6) is 0 Å². The topological polar surface area (TPSA) is 12.0 Å². The van der Waals surface area contributed by atoms with Gasteiger partial charge in [-0.3, -0.25) is 0 Å². The maximum Gasteiger partial charge on any atom is 0.00104 e. The highest BCUT2D eigenvalue weighted by Gasteiger charge is 2.34. The van der Waals surface area contributed by atoms with E-state index >= 15 is 0 Å². The van der Waals surface area contributed by atoms with E-state index in [0.29, 0.717) is 11.5 Å². The number of allylic oxidation sites excluding steroid dienone is 1. The fourth-order valence-electron chi connectivity index (χ4n) is 3.22. The van der Waals surface area contributed by atoms with E-state index < -0.39 is 0 Å². The van der Waals surface area contributed by atoms with Gasteiger partial charge in [-0.25, -0.2) is 0 Å². The van der Waals surface area contributed by atoms with Crippen LogP contribution in [0.2, 0.25) is 0 Å². The van der Waals surface area contributed by atoms with Crippen LogP contribution in [0.1, 0.15) is 66.7 Å². The summed E-state index contributed by atoms with van der Waals surface area (Å²) in [6.45, 7) is 16.8. The summed E-state index contributed by atoms with van der Waals surface area (Å²) in [5.41, 5.74) is 1.89. The van der Waals surface area contributed by atoms with Gasteiger partial charge in [0.15, 0.2) is 0 Å². The molecule has 0 saturated heterocycles. The van der Waals surface area contributed by atoms with E-state index in [2.05, 4.69) is 46.5 Å². The molecule has 2 unspecified atom stereocenters. The normalized spacial score (nSPS) is 27.4. The number of hydrogen-bond acceptors (Lipinski definition) is 1. The molecule has 1 fully saturated rings. The van der Waals surface area contributed by atoms with Gasteiger partial charge in [0.05, 0.1) is 0 Å². The van der Waals surface area contributed by atoms with Crippen LogP contribution < -0.4 is 5.32 Å². The van der Waals surface area contributed by atoms with Gasteiger partial charge in [0.25, 0.3) is 0 Å². The van der Waals surface area contributed by atoms with E-state index in [9.17, 15) is 0 Å². The van der Waals surface area contributed by atoms with Crippen LogP contribution in [0.25, 0.3) is 0 Å². The molecular weight excluding hydrogens is 218 g/mol. The summed E-state index contributed by atoms with van der Waals surface area (Å²) in [5.74, 6) is 1.76. The second-order valence-electron chi connectivity index (χ2n) is 7.49. The number of rotatable bonds is 6. The first-order valence-electron chi connectivity index (χ1n) is 7.68. The molecule has 0 heterocycles. The predicted molar refractivity (Wildman–Crippen MR) is 81.8 cm³/mol.